The summed E-state index contributed by atoms with van der Waals surface area (Å²) in [4.78, 5) is 0.103. The number of benzene rings is 1. The number of halogens is 1. The molecule has 2 aromatic rings. The summed E-state index contributed by atoms with van der Waals surface area (Å²) in [6, 6.07) is 6.68. The van der Waals surface area contributed by atoms with Crippen LogP contribution in [0.2, 0.25) is 0 Å². The molecule has 7 heteroatoms. The third-order valence-corrected chi connectivity index (χ3v) is 4.56. The van der Waals surface area contributed by atoms with E-state index in [9.17, 15) is 8.42 Å². The maximum absolute atomic E-state index is 11.3. The van der Waals surface area contributed by atoms with Crippen LogP contribution in [0.5, 0.6) is 5.75 Å². The van der Waals surface area contributed by atoms with Gasteiger partial charge in [0.2, 0.25) is 0 Å². The topological polar surface area (TPSA) is 61.2 Å². The minimum Gasteiger partial charge on any atom is -0.487 e. The van der Waals surface area contributed by atoms with Gasteiger partial charge in [-0.15, -0.1) is 0 Å². The highest BCUT2D eigenvalue weighted by Gasteiger charge is 2.14. The van der Waals surface area contributed by atoms with Gasteiger partial charge in [-0.2, -0.15) is 5.10 Å². The van der Waals surface area contributed by atoms with Crippen molar-refractivity contribution in [2.45, 2.75) is 38.8 Å². The highest BCUT2D eigenvalue weighted by atomic mass is 35.7. The summed E-state index contributed by atoms with van der Waals surface area (Å²) in [5, 5.41) is 4.35. The Morgan fingerprint density at radius 1 is 1.29 bits per heavy atom. The quantitative estimate of drug-likeness (QED) is 0.791. The number of aromatic nitrogens is 2. The molecule has 0 fully saturated rings. The van der Waals surface area contributed by atoms with E-state index < -0.39 is 9.05 Å². The molecule has 0 saturated carbocycles. The van der Waals surface area contributed by atoms with Crippen molar-refractivity contribution in [3.8, 4) is 5.75 Å². The van der Waals surface area contributed by atoms with Crippen LogP contribution < -0.4 is 4.74 Å². The SMILES string of the molecule is CCn1nc(C)cc1COc1ccc(S(=O)(=O)Cl)c(C)c1. The molecule has 0 aliphatic carbocycles. The molecule has 5 nitrogen and oxygen atoms in total. The van der Waals surface area contributed by atoms with Crippen molar-refractivity contribution in [3.05, 3.63) is 41.2 Å². The molecule has 0 radical (unpaired) electrons. The molecule has 0 bridgehead atoms. The summed E-state index contributed by atoms with van der Waals surface area (Å²) >= 11 is 0. The summed E-state index contributed by atoms with van der Waals surface area (Å²) in [5.41, 5.74) is 2.47. The summed E-state index contributed by atoms with van der Waals surface area (Å²) in [6.45, 7) is 6.78. The van der Waals surface area contributed by atoms with Crippen LogP contribution in [0.1, 0.15) is 23.9 Å². The molecule has 0 saturated heterocycles. The highest BCUT2D eigenvalue weighted by Crippen LogP contribution is 2.24. The van der Waals surface area contributed by atoms with Crippen LogP contribution in [0.3, 0.4) is 0 Å². The van der Waals surface area contributed by atoms with Gasteiger partial charge in [0, 0.05) is 17.2 Å². The third-order valence-electron chi connectivity index (χ3n) is 3.08. The van der Waals surface area contributed by atoms with Gasteiger partial charge in [0.25, 0.3) is 9.05 Å². The predicted octanol–water partition coefficient (Wildman–Crippen LogP) is 3.03. The van der Waals surface area contributed by atoms with Gasteiger partial charge in [-0.25, -0.2) is 8.42 Å². The summed E-state index contributed by atoms with van der Waals surface area (Å²) in [7, 11) is 1.63. The molecule has 0 spiro atoms. The van der Waals surface area contributed by atoms with E-state index >= 15 is 0 Å². The van der Waals surface area contributed by atoms with Crippen molar-refractivity contribution >= 4 is 19.7 Å². The monoisotopic (exact) mass is 328 g/mol. The van der Waals surface area contributed by atoms with Crippen LogP contribution in [0.4, 0.5) is 0 Å². The molecule has 21 heavy (non-hydrogen) atoms. The van der Waals surface area contributed by atoms with Crippen molar-refractivity contribution < 1.29 is 13.2 Å². The Morgan fingerprint density at radius 2 is 2.00 bits per heavy atom. The highest BCUT2D eigenvalue weighted by molar-refractivity contribution is 8.13. The third kappa shape index (κ3) is 3.77. The van der Waals surface area contributed by atoms with E-state index in [1.807, 2.05) is 24.6 Å². The zero-order valence-electron chi connectivity index (χ0n) is 12.1. The Morgan fingerprint density at radius 3 is 2.57 bits per heavy atom. The van der Waals surface area contributed by atoms with Gasteiger partial charge < -0.3 is 4.74 Å². The molecule has 0 unspecified atom stereocenters. The first-order chi connectivity index (χ1) is 9.81. The molecule has 0 aliphatic heterocycles. The van der Waals surface area contributed by atoms with Crippen molar-refractivity contribution in [3.63, 3.8) is 0 Å². The Labute approximate surface area is 128 Å². The van der Waals surface area contributed by atoms with Gasteiger partial charge in [0.05, 0.1) is 16.3 Å². The minimum absolute atomic E-state index is 0.103. The van der Waals surface area contributed by atoms with Crippen LogP contribution in [-0.4, -0.2) is 18.2 Å². The van der Waals surface area contributed by atoms with E-state index in [1.54, 1.807) is 19.1 Å². The van der Waals surface area contributed by atoms with E-state index in [2.05, 4.69) is 5.10 Å². The van der Waals surface area contributed by atoms with Crippen LogP contribution in [0.15, 0.2) is 29.2 Å². The Hall–Kier alpha value is -1.53. The fourth-order valence-electron chi connectivity index (χ4n) is 2.13. The van der Waals surface area contributed by atoms with Crippen molar-refractivity contribution in [1.82, 2.24) is 9.78 Å². The van der Waals surface area contributed by atoms with E-state index in [0.29, 0.717) is 17.9 Å². The summed E-state index contributed by atoms with van der Waals surface area (Å²) in [6.07, 6.45) is 0. The van der Waals surface area contributed by atoms with Crippen LogP contribution >= 0.6 is 10.7 Å². The van der Waals surface area contributed by atoms with Crippen LogP contribution in [0.25, 0.3) is 0 Å². The van der Waals surface area contributed by atoms with Crippen LogP contribution in [-0.2, 0) is 22.2 Å². The van der Waals surface area contributed by atoms with Gasteiger partial charge >= 0.3 is 0 Å². The molecular weight excluding hydrogens is 312 g/mol. The molecule has 1 aromatic heterocycles. The number of hydrogen-bond acceptors (Lipinski definition) is 4. The zero-order chi connectivity index (χ0) is 15.6. The van der Waals surface area contributed by atoms with Crippen molar-refractivity contribution in [2.24, 2.45) is 0 Å². The number of rotatable bonds is 5. The molecule has 0 amide bonds. The fourth-order valence-corrected chi connectivity index (χ4v) is 3.33. The number of ether oxygens (including phenoxy) is 1. The normalized spacial score (nSPS) is 11.6. The van der Waals surface area contributed by atoms with Gasteiger partial charge in [-0.1, -0.05) is 0 Å². The Balaban J connectivity index is 2.16. The molecule has 2 rings (SSSR count). The first-order valence-corrected chi connectivity index (χ1v) is 8.83. The average Bonchev–Trinajstić information content (AvgIpc) is 2.75. The van der Waals surface area contributed by atoms with E-state index in [0.717, 1.165) is 17.9 Å². The standard InChI is InChI=1S/C14H17ClN2O3S/c1-4-17-12(8-11(3)16-17)9-20-13-5-6-14(10(2)7-13)21(15,18)19/h5-8H,4,9H2,1-3H3. The van der Waals surface area contributed by atoms with Gasteiger partial charge in [0.1, 0.15) is 12.4 Å². The van der Waals surface area contributed by atoms with E-state index in [-0.39, 0.29) is 4.90 Å². The van der Waals surface area contributed by atoms with Gasteiger partial charge in [-0.3, -0.25) is 4.68 Å². The molecule has 0 atom stereocenters. The van der Waals surface area contributed by atoms with Gasteiger partial charge in [0.15, 0.2) is 0 Å². The molecular formula is C14H17ClN2O3S. The number of nitrogens with zero attached hydrogens (tertiary/aromatic N) is 2. The minimum atomic E-state index is -3.72. The first kappa shape index (κ1) is 15.9. The summed E-state index contributed by atoms with van der Waals surface area (Å²) < 4.78 is 30.3. The Bertz CT molecular complexity index is 754. The lowest BCUT2D eigenvalue weighted by Crippen LogP contribution is -2.06. The van der Waals surface area contributed by atoms with Crippen molar-refractivity contribution in [1.29, 1.82) is 0 Å². The van der Waals surface area contributed by atoms with Crippen LogP contribution in [0, 0.1) is 13.8 Å². The lowest BCUT2D eigenvalue weighted by atomic mass is 10.2. The maximum atomic E-state index is 11.3. The van der Waals surface area contributed by atoms with Gasteiger partial charge in [-0.05, 0) is 50.6 Å². The van der Waals surface area contributed by atoms with E-state index in [1.165, 1.54) is 6.07 Å². The predicted molar refractivity (Wildman–Crippen MR) is 81.2 cm³/mol. The second-order valence-electron chi connectivity index (χ2n) is 4.75. The number of hydrogen-bond donors (Lipinski definition) is 0. The van der Waals surface area contributed by atoms with Crippen molar-refractivity contribution in [2.75, 3.05) is 0 Å². The first-order valence-electron chi connectivity index (χ1n) is 6.52. The Kier molecular flexibility index (Phi) is 4.58. The van der Waals surface area contributed by atoms with E-state index in [4.69, 9.17) is 15.4 Å². The second-order valence-corrected chi connectivity index (χ2v) is 7.28. The maximum Gasteiger partial charge on any atom is 0.261 e. The average molecular weight is 329 g/mol. The number of aryl methyl sites for hydroxylation is 3. The molecule has 0 N–H and O–H groups in total. The molecule has 1 aromatic carbocycles. The molecule has 114 valence electrons. The largest absolute Gasteiger partial charge is 0.487 e. The lowest BCUT2D eigenvalue weighted by molar-refractivity contribution is 0.292. The zero-order valence-corrected chi connectivity index (χ0v) is 13.7. The smallest absolute Gasteiger partial charge is 0.261 e. The second kappa shape index (κ2) is 6.07. The fraction of sp³-hybridized carbons (Fsp3) is 0.357. The molecule has 1 heterocycles. The lowest BCUT2D eigenvalue weighted by Gasteiger charge is -2.09. The summed E-state index contributed by atoms with van der Waals surface area (Å²) in [5.74, 6) is 0.595. The molecule has 0 aliphatic rings.